The number of amides is 1. The summed E-state index contributed by atoms with van der Waals surface area (Å²) in [6, 6.07) is 20.4. The van der Waals surface area contributed by atoms with Crippen molar-refractivity contribution in [2.45, 2.75) is 13.1 Å². The molecule has 0 aliphatic carbocycles. The van der Waals surface area contributed by atoms with Gasteiger partial charge in [-0.2, -0.15) is 5.26 Å². The van der Waals surface area contributed by atoms with Gasteiger partial charge in [-0.15, -0.1) is 0 Å². The third-order valence-corrected chi connectivity index (χ3v) is 4.99. The molecule has 1 amide bonds. The monoisotopic (exact) mass is 428 g/mol. The number of anilines is 1. The van der Waals surface area contributed by atoms with Crippen LogP contribution in [0.4, 0.5) is 10.1 Å². The van der Waals surface area contributed by atoms with E-state index in [-0.39, 0.29) is 13.1 Å². The van der Waals surface area contributed by atoms with E-state index in [1.165, 1.54) is 28.8 Å². The highest BCUT2D eigenvalue weighted by molar-refractivity contribution is 5.91. The smallest absolute Gasteiger partial charge is 0.325 e. The minimum Gasteiger partial charge on any atom is -0.325 e. The van der Waals surface area contributed by atoms with Gasteiger partial charge in [-0.1, -0.05) is 24.3 Å². The molecule has 32 heavy (non-hydrogen) atoms. The molecular weight excluding hydrogens is 411 g/mol. The number of carbonyl (C=O) groups is 1. The van der Waals surface area contributed by atoms with Crippen molar-refractivity contribution in [3.63, 3.8) is 0 Å². The Morgan fingerprint density at radius 3 is 2.31 bits per heavy atom. The zero-order valence-electron chi connectivity index (χ0n) is 16.8. The van der Waals surface area contributed by atoms with E-state index in [1.807, 2.05) is 6.07 Å². The van der Waals surface area contributed by atoms with Crippen LogP contribution in [0.3, 0.4) is 0 Å². The fraction of sp³-hybridized carbons (Fsp3) is 0.0833. The van der Waals surface area contributed by atoms with Gasteiger partial charge in [0.15, 0.2) is 0 Å². The largest absolute Gasteiger partial charge is 0.332 e. The summed E-state index contributed by atoms with van der Waals surface area (Å²) in [5.41, 5.74) is 0.720. The lowest BCUT2D eigenvalue weighted by molar-refractivity contribution is -0.116. The van der Waals surface area contributed by atoms with Crippen LogP contribution in [-0.4, -0.2) is 15.0 Å². The molecule has 0 unspecified atom stereocenters. The number of para-hydroxylation sites is 1. The maximum atomic E-state index is 13.2. The molecule has 0 aliphatic rings. The molecule has 0 fully saturated rings. The number of halogens is 1. The first kappa shape index (κ1) is 20.8. The van der Waals surface area contributed by atoms with E-state index < -0.39 is 23.0 Å². The molecule has 4 aromatic rings. The van der Waals surface area contributed by atoms with Crippen molar-refractivity contribution >= 4 is 22.5 Å². The molecule has 0 atom stereocenters. The number of carbonyl (C=O) groups excluding carboxylic acids is 1. The van der Waals surface area contributed by atoms with Crippen molar-refractivity contribution in [2.24, 2.45) is 0 Å². The van der Waals surface area contributed by atoms with Crippen molar-refractivity contribution in [1.29, 1.82) is 5.26 Å². The Labute approximate surface area is 181 Å². The van der Waals surface area contributed by atoms with Crippen LogP contribution in [0.1, 0.15) is 11.1 Å². The van der Waals surface area contributed by atoms with E-state index in [9.17, 15) is 18.8 Å². The Morgan fingerprint density at radius 2 is 1.62 bits per heavy atom. The maximum absolute atomic E-state index is 13.2. The van der Waals surface area contributed by atoms with Gasteiger partial charge in [0.25, 0.3) is 5.56 Å². The summed E-state index contributed by atoms with van der Waals surface area (Å²) in [5.74, 6) is -0.884. The standard InChI is InChI=1S/C24H17FN4O3/c25-18-9-5-17(6-10-18)14-29-23(31)20-3-1-2-4-21(20)28(24(29)32)15-22(30)27-19-11-7-16(13-26)8-12-19/h1-12H,14-15H2,(H,27,30). The molecule has 0 saturated heterocycles. The van der Waals surface area contributed by atoms with Crippen LogP contribution >= 0.6 is 0 Å². The third kappa shape index (κ3) is 4.18. The van der Waals surface area contributed by atoms with Gasteiger partial charge >= 0.3 is 5.69 Å². The quantitative estimate of drug-likeness (QED) is 0.529. The predicted octanol–water partition coefficient (Wildman–Crippen LogP) is 2.86. The van der Waals surface area contributed by atoms with Crippen molar-refractivity contribution < 1.29 is 9.18 Å². The summed E-state index contributed by atoms with van der Waals surface area (Å²) in [7, 11) is 0. The van der Waals surface area contributed by atoms with E-state index in [0.29, 0.717) is 27.7 Å². The average Bonchev–Trinajstić information content (AvgIpc) is 2.81. The van der Waals surface area contributed by atoms with Crippen LogP contribution in [0.2, 0.25) is 0 Å². The SMILES string of the molecule is N#Cc1ccc(NC(=O)Cn2c(=O)n(Cc3ccc(F)cc3)c(=O)c3ccccc32)cc1. The van der Waals surface area contributed by atoms with Crippen LogP contribution in [0.5, 0.6) is 0 Å². The van der Waals surface area contributed by atoms with Gasteiger partial charge in [0.2, 0.25) is 5.91 Å². The van der Waals surface area contributed by atoms with Gasteiger partial charge in [-0.05, 0) is 54.1 Å². The fourth-order valence-electron chi connectivity index (χ4n) is 3.41. The minimum atomic E-state index is -0.645. The number of hydrogen-bond acceptors (Lipinski definition) is 4. The summed E-state index contributed by atoms with van der Waals surface area (Å²) in [4.78, 5) is 38.8. The number of fused-ring (bicyclic) bond motifs is 1. The van der Waals surface area contributed by atoms with Gasteiger partial charge in [-0.3, -0.25) is 18.7 Å². The Hall–Kier alpha value is -4.51. The zero-order chi connectivity index (χ0) is 22.7. The van der Waals surface area contributed by atoms with Gasteiger partial charge in [-0.25, -0.2) is 9.18 Å². The number of benzene rings is 3. The Kier molecular flexibility index (Phi) is 5.64. The van der Waals surface area contributed by atoms with Crippen molar-refractivity contribution in [1.82, 2.24) is 9.13 Å². The highest BCUT2D eigenvalue weighted by Crippen LogP contribution is 2.11. The molecule has 158 valence electrons. The zero-order valence-corrected chi connectivity index (χ0v) is 16.8. The van der Waals surface area contributed by atoms with Crippen molar-refractivity contribution in [3.8, 4) is 6.07 Å². The first-order valence-electron chi connectivity index (χ1n) is 9.73. The highest BCUT2D eigenvalue weighted by Gasteiger charge is 2.16. The second kappa shape index (κ2) is 8.70. The first-order valence-corrected chi connectivity index (χ1v) is 9.73. The summed E-state index contributed by atoms with van der Waals surface area (Å²) in [6.45, 7) is -0.372. The number of hydrogen-bond donors (Lipinski definition) is 1. The molecule has 7 nitrogen and oxygen atoms in total. The molecule has 3 aromatic carbocycles. The lowest BCUT2D eigenvalue weighted by atomic mass is 10.2. The lowest BCUT2D eigenvalue weighted by Crippen LogP contribution is -2.42. The van der Waals surface area contributed by atoms with Gasteiger partial charge < -0.3 is 5.32 Å². The number of nitrogens with one attached hydrogen (secondary N) is 1. The van der Waals surface area contributed by atoms with E-state index in [2.05, 4.69) is 5.32 Å². The first-order chi connectivity index (χ1) is 15.5. The third-order valence-electron chi connectivity index (χ3n) is 4.99. The van der Waals surface area contributed by atoms with Crippen LogP contribution in [0.25, 0.3) is 10.9 Å². The molecule has 0 spiro atoms. The van der Waals surface area contributed by atoms with Crippen molar-refractivity contribution in [3.05, 3.63) is 111 Å². The normalized spacial score (nSPS) is 10.6. The number of rotatable bonds is 5. The molecule has 0 aliphatic heterocycles. The fourth-order valence-corrected chi connectivity index (χ4v) is 3.41. The van der Waals surface area contributed by atoms with Gasteiger partial charge in [0.05, 0.1) is 29.1 Å². The molecule has 1 N–H and O–H groups in total. The second-order valence-electron chi connectivity index (χ2n) is 7.14. The molecular formula is C24H17FN4O3. The van der Waals surface area contributed by atoms with Crippen LogP contribution in [0, 0.1) is 17.1 Å². The van der Waals surface area contributed by atoms with E-state index >= 15 is 0 Å². The molecule has 0 radical (unpaired) electrons. The summed E-state index contributed by atoms with van der Waals surface area (Å²) < 4.78 is 15.5. The lowest BCUT2D eigenvalue weighted by Gasteiger charge is -2.14. The predicted molar refractivity (Wildman–Crippen MR) is 118 cm³/mol. The highest BCUT2D eigenvalue weighted by atomic mass is 19.1. The maximum Gasteiger partial charge on any atom is 0.332 e. The Bertz CT molecular complexity index is 1460. The van der Waals surface area contributed by atoms with E-state index in [1.54, 1.807) is 48.5 Å². The molecule has 8 heteroatoms. The minimum absolute atomic E-state index is 0.0555. The topological polar surface area (TPSA) is 96.9 Å². The van der Waals surface area contributed by atoms with Crippen LogP contribution < -0.4 is 16.6 Å². The number of nitriles is 1. The number of aromatic nitrogens is 2. The Morgan fingerprint density at radius 1 is 0.938 bits per heavy atom. The molecule has 4 rings (SSSR count). The van der Waals surface area contributed by atoms with Crippen molar-refractivity contribution in [2.75, 3.05) is 5.32 Å². The molecule has 1 heterocycles. The number of nitrogens with zero attached hydrogens (tertiary/aromatic N) is 3. The summed E-state index contributed by atoms with van der Waals surface area (Å²) in [6.07, 6.45) is 0. The van der Waals surface area contributed by atoms with Gasteiger partial charge in [0.1, 0.15) is 12.4 Å². The molecule has 0 bridgehead atoms. The Balaban J connectivity index is 1.72. The molecule has 1 aromatic heterocycles. The summed E-state index contributed by atoms with van der Waals surface area (Å²) in [5, 5.41) is 11.9. The average molecular weight is 428 g/mol. The van der Waals surface area contributed by atoms with Gasteiger partial charge in [0, 0.05) is 5.69 Å². The molecule has 0 saturated carbocycles. The van der Waals surface area contributed by atoms with E-state index in [0.717, 1.165) is 4.57 Å². The van der Waals surface area contributed by atoms with Crippen LogP contribution in [-0.2, 0) is 17.9 Å². The summed E-state index contributed by atoms with van der Waals surface area (Å²) >= 11 is 0. The second-order valence-corrected chi connectivity index (χ2v) is 7.14. The van der Waals surface area contributed by atoms with Crippen LogP contribution in [0.15, 0.2) is 82.4 Å². The van der Waals surface area contributed by atoms with E-state index in [4.69, 9.17) is 5.26 Å².